The summed E-state index contributed by atoms with van der Waals surface area (Å²) < 4.78 is 2.03. The predicted octanol–water partition coefficient (Wildman–Crippen LogP) is 5.02. The molecule has 0 bridgehead atoms. The van der Waals surface area contributed by atoms with Crippen molar-refractivity contribution in [1.29, 1.82) is 5.26 Å². The predicted molar refractivity (Wildman–Crippen MR) is 118 cm³/mol. The smallest absolute Gasteiger partial charge is 0.269 e. The van der Waals surface area contributed by atoms with Gasteiger partial charge in [-0.3, -0.25) is 10.1 Å². The lowest BCUT2D eigenvalue weighted by atomic mass is 10.1. The van der Waals surface area contributed by atoms with Crippen LogP contribution in [0.5, 0.6) is 0 Å². The van der Waals surface area contributed by atoms with Crippen LogP contribution < -0.4 is 0 Å². The van der Waals surface area contributed by atoms with Gasteiger partial charge in [-0.05, 0) is 17.7 Å². The molecule has 4 aromatic rings. The molecule has 1 aromatic heterocycles. The molecule has 0 radical (unpaired) electrons. The first-order valence-electron chi connectivity index (χ1n) is 9.60. The van der Waals surface area contributed by atoms with E-state index < -0.39 is 4.92 Å². The maximum atomic E-state index is 11.1. The number of oxime groups is 1. The Kier molecular flexibility index (Phi) is 5.72. The van der Waals surface area contributed by atoms with Crippen LogP contribution in [0, 0.1) is 21.4 Å². The highest BCUT2D eigenvalue weighted by Crippen LogP contribution is 2.22. The van der Waals surface area contributed by atoms with E-state index >= 15 is 0 Å². The number of aromatic nitrogens is 1. The Labute approximate surface area is 178 Å². The zero-order valence-electron chi connectivity index (χ0n) is 16.5. The maximum Gasteiger partial charge on any atom is 0.269 e. The zero-order valence-corrected chi connectivity index (χ0v) is 16.5. The van der Waals surface area contributed by atoms with Gasteiger partial charge in [0.05, 0.1) is 22.8 Å². The summed E-state index contributed by atoms with van der Waals surface area (Å²) in [5, 5.41) is 25.3. The van der Waals surface area contributed by atoms with E-state index in [1.807, 2.05) is 59.3 Å². The van der Waals surface area contributed by atoms with E-state index in [-0.39, 0.29) is 12.3 Å². The number of nitriles is 1. The average molecular weight is 410 g/mol. The molecule has 152 valence electrons. The molecule has 0 aliphatic carbocycles. The first kappa shape index (κ1) is 19.9. The number of fused-ring (bicyclic) bond motifs is 1. The Hall–Kier alpha value is -4.44. The Morgan fingerprint density at radius 1 is 1.10 bits per heavy atom. The second kappa shape index (κ2) is 8.93. The van der Waals surface area contributed by atoms with Crippen molar-refractivity contribution in [2.45, 2.75) is 13.2 Å². The number of non-ortho nitro benzene ring substituents is 1. The van der Waals surface area contributed by atoms with E-state index in [1.165, 1.54) is 6.07 Å². The first-order valence-corrected chi connectivity index (χ1v) is 9.60. The van der Waals surface area contributed by atoms with Crippen LogP contribution in [0.25, 0.3) is 10.9 Å². The Balaban J connectivity index is 1.55. The normalized spacial score (nSPS) is 10.9. The van der Waals surface area contributed by atoms with Gasteiger partial charge in [0.1, 0.15) is 6.61 Å². The molecule has 0 spiro atoms. The molecule has 4 rings (SSSR count). The molecule has 0 N–H and O–H groups in total. The minimum Gasteiger partial charge on any atom is -0.391 e. The summed E-state index contributed by atoms with van der Waals surface area (Å²) in [5.74, 6) is 0. The van der Waals surface area contributed by atoms with Crippen LogP contribution in [0.1, 0.15) is 22.3 Å². The lowest BCUT2D eigenvalue weighted by Crippen LogP contribution is -1.99. The standard InChI is InChI=1S/C24H18N4O3/c25-13-19-7-1-2-8-20(19)17-31-26-14-21-16-27(24-11-4-3-10-23(21)24)15-18-6-5-9-22(12-18)28(29)30/h1-12,14,16H,15,17H2/b26-14-. The Bertz CT molecular complexity index is 1320. The van der Waals surface area contributed by atoms with Crippen LogP contribution in [0.4, 0.5) is 5.69 Å². The minimum absolute atomic E-state index is 0.0711. The Morgan fingerprint density at radius 3 is 2.74 bits per heavy atom. The molecule has 1 heterocycles. The van der Waals surface area contributed by atoms with Crippen LogP contribution in [-0.2, 0) is 18.0 Å². The summed E-state index contributed by atoms with van der Waals surface area (Å²) in [6.45, 7) is 0.693. The summed E-state index contributed by atoms with van der Waals surface area (Å²) in [6.07, 6.45) is 3.58. The second-order valence-corrected chi connectivity index (χ2v) is 6.93. The Morgan fingerprint density at radius 2 is 1.90 bits per heavy atom. The van der Waals surface area contributed by atoms with Crippen LogP contribution in [0.3, 0.4) is 0 Å². The van der Waals surface area contributed by atoms with Crippen LogP contribution in [0.2, 0.25) is 0 Å². The molecule has 3 aromatic carbocycles. The summed E-state index contributed by atoms with van der Waals surface area (Å²) in [4.78, 5) is 16.1. The number of benzene rings is 3. The van der Waals surface area contributed by atoms with Gasteiger partial charge in [-0.1, -0.05) is 53.7 Å². The van der Waals surface area contributed by atoms with Gasteiger partial charge in [-0.2, -0.15) is 5.26 Å². The molecular weight excluding hydrogens is 392 g/mol. The molecule has 0 atom stereocenters. The lowest BCUT2D eigenvalue weighted by molar-refractivity contribution is -0.384. The fourth-order valence-corrected chi connectivity index (χ4v) is 3.43. The molecular formula is C24H18N4O3. The summed E-state index contributed by atoms with van der Waals surface area (Å²) in [6, 6.07) is 23.9. The minimum atomic E-state index is -0.392. The molecule has 0 unspecified atom stereocenters. The zero-order chi connectivity index (χ0) is 21.6. The summed E-state index contributed by atoms with van der Waals surface area (Å²) in [5.41, 5.74) is 4.10. The van der Waals surface area contributed by atoms with Gasteiger partial charge in [0.2, 0.25) is 0 Å². The van der Waals surface area contributed by atoms with Crippen molar-refractivity contribution < 1.29 is 9.76 Å². The number of rotatable bonds is 7. The lowest BCUT2D eigenvalue weighted by Gasteiger charge is -2.05. The number of nitro groups is 1. The highest BCUT2D eigenvalue weighted by molar-refractivity contribution is 5.99. The fourth-order valence-electron chi connectivity index (χ4n) is 3.43. The van der Waals surface area contributed by atoms with Crippen molar-refractivity contribution >= 4 is 22.8 Å². The highest BCUT2D eigenvalue weighted by Gasteiger charge is 2.10. The topological polar surface area (TPSA) is 93.4 Å². The molecule has 0 saturated carbocycles. The van der Waals surface area contributed by atoms with Gasteiger partial charge < -0.3 is 9.40 Å². The fraction of sp³-hybridized carbons (Fsp3) is 0.0833. The summed E-state index contributed by atoms with van der Waals surface area (Å²) in [7, 11) is 0. The first-order chi connectivity index (χ1) is 15.2. The third-order valence-corrected chi connectivity index (χ3v) is 4.92. The van der Waals surface area contributed by atoms with Crippen molar-refractivity contribution in [1.82, 2.24) is 4.57 Å². The second-order valence-electron chi connectivity index (χ2n) is 6.93. The third kappa shape index (κ3) is 4.43. The number of nitro benzene ring substituents is 1. The largest absolute Gasteiger partial charge is 0.391 e. The third-order valence-electron chi connectivity index (χ3n) is 4.92. The number of hydrogen-bond acceptors (Lipinski definition) is 5. The van der Waals surface area contributed by atoms with E-state index in [2.05, 4.69) is 11.2 Å². The van der Waals surface area contributed by atoms with Crippen molar-refractivity contribution in [2.24, 2.45) is 5.16 Å². The molecule has 7 nitrogen and oxygen atoms in total. The van der Waals surface area contributed by atoms with E-state index in [4.69, 9.17) is 10.1 Å². The van der Waals surface area contributed by atoms with E-state index in [9.17, 15) is 10.1 Å². The van der Waals surface area contributed by atoms with E-state index in [0.717, 1.165) is 27.6 Å². The van der Waals surface area contributed by atoms with Gasteiger partial charge in [0, 0.05) is 46.9 Å². The molecule has 0 saturated heterocycles. The molecule has 0 aliphatic heterocycles. The highest BCUT2D eigenvalue weighted by atomic mass is 16.6. The van der Waals surface area contributed by atoms with Gasteiger partial charge in [0.25, 0.3) is 5.69 Å². The van der Waals surface area contributed by atoms with E-state index in [1.54, 1.807) is 24.4 Å². The van der Waals surface area contributed by atoms with Crippen LogP contribution in [0.15, 0.2) is 84.1 Å². The van der Waals surface area contributed by atoms with Gasteiger partial charge in [-0.25, -0.2) is 0 Å². The van der Waals surface area contributed by atoms with Crippen molar-refractivity contribution in [3.63, 3.8) is 0 Å². The molecule has 0 amide bonds. The van der Waals surface area contributed by atoms with Crippen LogP contribution in [-0.4, -0.2) is 15.7 Å². The molecule has 0 fully saturated rings. The summed E-state index contributed by atoms with van der Waals surface area (Å²) >= 11 is 0. The average Bonchev–Trinajstić information content (AvgIpc) is 3.14. The molecule has 0 aliphatic rings. The molecule has 31 heavy (non-hydrogen) atoms. The van der Waals surface area contributed by atoms with Crippen molar-refractivity contribution in [3.8, 4) is 6.07 Å². The van der Waals surface area contributed by atoms with Crippen molar-refractivity contribution in [2.75, 3.05) is 0 Å². The monoisotopic (exact) mass is 410 g/mol. The van der Waals surface area contributed by atoms with E-state index in [0.29, 0.717) is 12.1 Å². The maximum absolute atomic E-state index is 11.1. The van der Waals surface area contributed by atoms with Crippen molar-refractivity contribution in [3.05, 3.63) is 111 Å². The number of hydrogen-bond donors (Lipinski definition) is 0. The quantitative estimate of drug-likeness (QED) is 0.243. The SMILES string of the molecule is N#Cc1ccccc1CO/N=C\c1cn(Cc2cccc([N+](=O)[O-])c2)c2ccccc12. The number of para-hydroxylation sites is 1. The van der Waals surface area contributed by atoms with Crippen LogP contribution >= 0.6 is 0 Å². The molecule has 7 heteroatoms. The number of nitrogens with zero attached hydrogens (tertiary/aromatic N) is 4. The van der Waals surface area contributed by atoms with Gasteiger partial charge in [0.15, 0.2) is 0 Å². The van der Waals surface area contributed by atoms with Gasteiger partial charge in [-0.15, -0.1) is 0 Å². The van der Waals surface area contributed by atoms with Gasteiger partial charge >= 0.3 is 0 Å².